The molecule has 5 nitrogen and oxygen atoms in total. The number of hydrogen-bond donors (Lipinski definition) is 0. The smallest absolute Gasteiger partial charge is 0.320 e. The van der Waals surface area contributed by atoms with Gasteiger partial charge in [0, 0.05) is 31.9 Å². The SMILES string of the molecule is CCOC(=O)CN(CCC#N)Cc1cccnc1. The molecule has 0 unspecified atom stereocenters. The van der Waals surface area contributed by atoms with E-state index in [1.165, 1.54) is 0 Å². The first-order valence-corrected chi connectivity index (χ1v) is 5.90. The van der Waals surface area contributed by atoms with E-state index in [4.69, 9.17) is 10.00 Å². The molecule has 0 saturated heterocycles. The first-order chi connectivity index (χ1) is 8.76. The van der Waals surface area contributed by atoms with Gasteiger partial charge in [-0.2, -0.15) is 5.26 Å². The fourth-order valence-corrected chi connectivity index (χ4v) is 1.56. The summed E-state index contributed by atoms with van der Waals surface area (Å²) in [5.74, 6) is -0.265. The number of esters is 1. The van der Waals surface area contributed by atoms with Gasteiger partial charge in [-0.25, -0.2) is 0 Å². The number of ether oxygens (including phenoxy) is 1. The maximum absolute atomic E-state index is 11.4. The molecule has 0 spiro atoms. The zero-order chi connectivity index (χ0) is 13.2. The first kappa shape index (κ1) is 14.1. The number of pyridine rings is 1. The fraction of sp³-hybridized carbons (Fsp3) is 0.462. The molecule has 1 aromatic heterocycles. The van der Waals surface area contributed by atoms with Crippen LogP contribution in [0.15, 0.2) is 24.5 Å². The van der Waals surface area contributed by atoms with E-state index in [9.17, 15) is 4.79 Å². The largest absolute Gasteiger partial charge is 0.465 e. The van der Waals surface area contributed by atoms with Crippen LogP contribution in [0, 0.1) is 11.3 Å². The van der Waals surface area contributed by atoms with Gasteiger partial charge in [0.05, 0.1) is 19.2 Å². The molecule has 0 saturated carbocycles. The van der Waals surface area contributed by atoms with Gasteiger partial charge in [-0.05, 0) is 18.6 Å². The summed E-state index contributed by atoms with van der Waals surface area (Å²) in [6.45, 7) is 3.49. The number of hydrogen-bond acceptors (Lipinski definition) is 5. The van der Waals surface area contributed by atoms with Crippen molar-refractivity contribution in [1.29, 1.82) is 5.26 Å². The number of nitriles is 1. The molecule has 0 fully saturated rings. The Morgan fingerprint density at radius 2 is 2.44 bits per heavy atom. The molecule has 96 valence electrons. The molecule has 0 atom stereocenters. The molecule has 0 amide bonds. The molecule has 1 aromatic rings. The summed E-state index contributed by atoms with van der Waals surface area (Å²) in [6, 6.07) is 5.87. The predicted octanol–water partition coefficient (Wildman–Crippen LogP) is 1.36. The molecule has 1 heterocycles. The highest BCUT2D eigenvalue weighted by Gasteiger charge is 2.11. The Kier molecular flexibility index (Phi) is 6.44. The van der Waals surface area contributed by atoms with E-state index in [2.05, 4.69) is 11.1 Å². The Bertz CT molecular complexity index is 400. The van der Waals surface area contributed by atoms with Crippen LogP contribution in [0.2, 0.25) is 0 Å². The minimum Gasteiger partial charge on any atom is -0.465 e. The van der Waals surface area contributed by atoms with Crippen molar-refractivity contribution in [1.82, 2.24) is 9.88 Å². The van der Waals surface area contributed by atoms with E-state index >= 15 is 0 Å². The van der Waals surface area contributed by atoms with Crippen molar-refractivity contribution in [2.24, 2.45) is 0 Å². The van der Waals surface area contributed by atoms with Crippen LogP contribution in [-0.2, 0) is 16.1 Å². The van der Waals surface area contributed by atoms with Crippen LogP contribution in [0.3, 0.4) is 0 Å². The second-order valence-electron chi connectivity index (χ2n) is 3.79. The highest BCUT2D eigenvalue weighted by molar-refractivity contribution is 5.71. The minimum absolute atomic E-state index is 0.199. The summed E-state index contributed by atoms with van der Waals surface area (Å²) in [4.78, 5) is 17.4. The third-order valence-corrected chi connectivity index (χ3v) is 2.33. The Labute approximate surface area is 107 Å². The van der Waals surface area contributed by atoms with Crippen molar-refractivity contribution in [2.75, 3.05) is 19.7 Å². The van der Waals surface area contributed by atoms with E-state index in [0.29, 0.717) is 26.1 Å². The summed E-state index contributed by atoms with van der Waals surface area (Å²) in [5.41, 5.74) is 1.01. The molecule has 0 bridgehead atoms. The van der Waals surface area contributed by atoms with Gasteiger partial charge in [-0.3, -0.25) is 14.7 Å². The Morgan fingerprint density at radius 3 is 3.06 bits per heavy atom. The Hall–Kier alpha value is -1.93. The normalized spacial score (nSPS) is 10.1. The number of nitrogens with zero attached hydrogens (tertiary/aromatic N) is 3. The summed E-state index contributed by atoms with van der Waals surface area (Å²) in [5, 5.41) is 8.61. The van der Waals surface area contributed by atoms with Crippen molar-refractivity contribution in [3.8, 4) is 6.07 Å². The summed E-state index contributed by atoms with van der Waals surface area (Å²) in [6.07, 6.45) is 3.85. The summed E-state index contributed by atoms with van der Waals surface area (Å²) >= 11 is 0. The molecule has 0 aliphatic heterocycles. The maximum atomic E-state index is 11.4. The quantitative estimate of drug-likeness (QED) is 0.681. The van der Waals surface area contributed by atoms with Crippen LogP contribution in [0.4, 0.5) is 0 Å². The van der Waals surface area contributed by atoms with Crippen LogP contribution in [0.25, 0.3) is 0 Å². The van der Waals surface area contributed by atoms with Gasteiger partial charge in [0.25, 0.3) is 0 Å². The van der Waals surface area contributed by atoms with E-state index < -0.39 is 0 Å². The lowest BCUT2D eigenvalue weighted by atomic mass is 10.2. The fourth-order valence-electron chi connectivity index (χ4n) is 1.56. The summed E-state index contributed by atoms with van der Waals surface area (Å²) < 4.78 is 4.91. The molecule has 0 aromatic carbocycles. The van der Waals surface area contributed by atoms with Gasteiger partial charge in [0.1, 0.15) is 0 Å². The average Bonchev–Trinajstić information content (AvgIpc) is 2.37. The maximum Gasteiger partial charge on any atom is 0.320 e. The van der Waals surface area contributed by atoms with Crippen LogP contribution in [-0.4, -0.2) is 35.5 Å². The Balaban J connectivity index is 2.55. The van der Waals surface area contributed by atoms with E-state index in [1.807, 2.05) is 17.0 Å². The lowest BCUT2D eigenvalue weighted by molar-refractivity contribution is -0.144. The monoisotopic (exact) mass is 247 g/mol. The molecule has 0 N–H and O–H groups in total. The molecule has 1 rings (SSSR count). The van der Waals surface area contributed by atoms with Crippen LogP contribution >= 0.6 is 0 Å². The first-order valence-electron chi connectivity index (χ1n) is 5.90. The zero-order valence-electron chi connectivity index (χ0n) is 10.5. The number of aromatic nitrogens is 1. The van der Waals surface area contributed by atoms with Crippen LogP contribution in [0.5, 0.6) is 0 Å². The molecular weight excluding hydrogens is 230 g/mol. The number of rotatable bonds is 7. The average molecular weight is 247 g/mol. The van der Waals surface area contributed by atoms with Gasteiger partial charge >= 0.3 is 5.97 Å². The molecule has 0 radical (unpaired) electrons. The Morgan fingerprint density at radius 1 is 1.61 bits per heavy atom. The molecule has 0 aliphatic rings. The second kappa shape index (κ2) is 8.20. The number of carbonyl (C=O) groups excluding carboxylic acids is 1. The number of carbonyl (C=O) groups is 1. The van der Waals surface area contributed by atoms with E-state index in [0.717, 1.165) is 5.56 Å². The van der Waals surface area contributed by atoms with Gasteiger partial charge < -0.3 is 4.74 Å². The van der Waals surface area contributed by atoms with Crippen LogP contribution in [0.1, 0.15) is 18.9 Å². The highest BCUT2D eigenvalue weighted by atomic mass is 16.5. The molecule has 18 heavy (non-hydrogen) atoms. The van der Waals surface area contributed by atoms with Gasteiger partial charge in [0.15, 0.2) is 0 Å². The van der Waals surface area contributed by atoms with Crippen molar-refractivity contribution in [3.05, 3.63) is 30.1 Å². The topological polar surface area (TPSA) is 66.2 Å². The molecular formula is C13H17N3O2. The van der Waals surface area contributed by atoms with Crippen molar-refractivity contribution in [2.45, 2.75) is 19.9 Å². The van der Waals surface area contributed by atoms with Gasteiger partial charge in [0.2, 0.25) is 0 Å². The third-order valence-electron chi connectivity index (χ3n) is 2.33. The summed E-state index contributed by atoms with van der Waals surface area (Å²) in [7, 11) is 0. The van der Waals surface area contributed by atoms with Crippen molar-refractivity contribution in [3.63, 3.8) is 0 Å². The molecule has 0 aliphatic carbocycles. The predicted molar refractivity (Wildman–Crippen MR) is 66.4 cm³/mol. The van der Waals surface area contributed by atoms with Crippen molar-refractivity contribution < 1.29 is 9.53 Å². The second-order valence-corrected chi connectivity index (χ2v) is 3.79. The van der Waals surface area contributed by atoms with Crippen molar-refractivity contribution >= 4 is 5.97 Å². The lowest BCUT2D eigenvalue weighted by Crippen LogP contribution is -2.31. The highest BCUT2D eigenvalue weighted by Crippen LogP contribution is 2.03. The zero-order valence-corrected chi connectivity index (χ0v) is 10.5. The van der Waals surface area contributed by atoms with Gasteiger partial charge in [-0.15, -0.1) is 0 Å². The third kappa shape index (κ3) is 5.41. The lowest BCUT2D eigenvalue weighted by Gasteiger charge is -2.19. The molecule has 5 heteroatoms. The van der Waals surface area contributed by atoms with E-state index in [1.54, 1.807) is 19.3 Å². The minimum atomic E-state index is -0.265. The standard InChI is InChI=1S/C13H17N3O2/c1-2-18-13(17)11-16(8-4-6-14)10-12-5-3-7-15-9-12/h3,5,7,9H,2,4,8,10-11H2,1H3. The van der Waals surface area contributed by atoms with E-state index in [-0.39, 0.29) is 12.5 Å². The van der Waals surface area contributed by atoms with Crippen LogP contribution < -0.4 is 0 Å². The van der Waals surface area contributed by atoms with Gasteiger partial charge in [-0.1, -0.05) is 6.07 Å².